The number of halogens is 1. The van der Waals surface area contributed by atoms with E-state index < -0.39 is 0 Å². The molecule has 1 amide bonds. The summed E-state index contributed by atoms with van der Waals surface area (Å²) in [7, 11) is 1.56. The molecule has 1 aliphatic rings. The highest BCUT2D eigenvalue weighted by Crippen LogP contribution is 2.34. The molecule has 0 spiro atoms. The molecule has 142 valence electrons. The summed E-state index contributed by atoms with van der Waals surface area (Å²) in [5.74, 6) is 1.53. The molecule has 2 N–H and O–H groups in total. The van der Waals surface area contributed by atoms with Crippen molar-refractivity contribution in [1.29, 1.82) is 0 Å². The van der Waals surface area contributed by atoms with Crippen molar-refractivity contribution >= 4 is 34.6 Å². The van der Waals surface area contributed by atoms with Crippen LogP contribution >= 0.6 is 11.6 Å². The monoisotopic (exact) mass is 397 g/mol. The number of fused-ring (bicyclic) bond motifs is 1. The molecule has 0 bridgehead atoms. The van der Waals surface area contributed by atoms with Gasteiger partial charge in [-0.3, -0.25) is 4.79 Å². The van der Waals surface area contributed by atoms with E-state index in [0.29, 0.717) is 28.0 Å². The zero-order valence-electron chi connectivity index (χ0n) is 14.9. The van der Waals surface area contributed by atoms with Crippen LogP contribution in [0.1, 0.15) is 10.5 Å². The van der Waals surface area contributed by atoms with Gasteiger partial charge in [0.15, 0.2) is 11.5 Å². The lowest BCUT2D eigenvalue weighted by Crippen LogP contribution is -2.13. The van der Waals surface area contributed by atoms with E-state index in [1.807, 2.05) is 6.07 Å². The molecule has 0 saturated carbocycles. The van der Waals surface area contributed by atoms with Gasteiger partial charge < -0.3 is 24.8 Å². The molecule has 2 aromatic carbocycles. The SMILES string of the molecule is COc1ccc(Nc2ccc(C(=O)Nc3ccc4c(c3)OCO4)nc2)cc1Cl. The number of pyridine rings is 1. The van der Waals surface area contributed by atoms with Gasteiger partial charge in [-0.2, -0.15) is 0 Å². The smallest absolute Gasteiger partial charge is 0.274 e. The number of carbonyl (C=O) groups is 1. The van der Waals surface area contributed by atoms with Crippen LogP contribution in [-0.2, 0) is 0 Å². The maximum absolute atomic E-state index is 12.4. The van der Waals surface area contributed by atoms with Crippen molar-refractivity contribution in [2.75, 3.05) is 24.5 Å². The summed E-state index contributed by atoms with van der Waals surface area (Å²) in [6.45, 7) is 0.183. The van der Waals surface area contributed by atoms with Crippen LogP contribution in [0.2, 0.25) is 5.02 Å². The molecule has 28 heavy (non-hydrogen) atoms. The fourth-order valence-corrected chi connectivity index (χ4v) is 2.94. The van der Waals surface area contributed by atoms with E-state index in [4.69, 9.17) is 25.8 Å². The zero-order valence-corrected chi connectivity index (χ0v) is 15.6. The molecule has 0 radical (unpaired) electrons. The predicted molar refractivity (Wildman–Crippen MR) is 106 cm³/mol. The highest BCUT2D eigenvalue weighted by Gasteiger charge is 2.15. The number of anilines is 3. The standard InChI is InChI=1S/C20H16ClN3O4/c1-26-17-6-3-12(8-15(17)21)23-14-2-5-16(22-10-14)20(25)24-13-4-7-18-19(9-13)28-11-27-18/h2-10,23H,11H2,1H3,(H,24,25). The van der Waals surface area contributed by atoms with Gasteiger partial charge >= 0.3 is 0 Å². The van der Waals surface area contributed by atoms with Crippen molar-refractivity contribution in [3.05, 3.63) is 65.4 Å². The van der Waals surface area contributed by atoms with Crippen molar-refractivity contribution in [2.24, 2.45) is 0 Å². The van der Waals surface area contributed by atoms with E-state index in [9.17, 15) is 4.79 Å². The Balaban J connectivity index is 1.42. The van der Waals surface area contributed by atoms with Crippen LogP contribution in [0.25, 0.3) is 0 Å². The van der Waals surface area contributed by atoms with Crippen molar-refractivity contribution in [3.63, 3.8) is 0 Å². The van der Waals surface area contributed by atoms with E-state index in [2.05, 4.69) is 15.6 Å². The maximum Gasteiger partial charge on any atom is 0.274 e. The molecule has 7 nitrogen and oxygen atoms in total. The minimum Gasteiger partial charge on any atom is -0.495 e. The second-order valence-electron chi connectivity index (χ2n) is 5.93. The Morgan fingerprint density at radius 2 is 1.82 bits per heavy atom. The minimum absolute atomic E-state index is 0.183. The third-order valence-electron chi connectivity index (χ3n) is 4.07. The molecule has 2 heterocycles. The summed E-state index contributed by atoms with van der Waals surface area (Å²) >= 11 is 6.12. The maximum atomic E-state index is 12.4. The summed E-state index contributed by atoms with van der Waals surface area (Å²) in [6, 6.07) is 14.0. The number of amides is 1. The van der Waals surface area contributed by atoms with Crippen molar-refractivity contribution in [2.45, 2.75) is 0 Å². The highest BCUT2D eigenvalue weighted by atomic mass is 35.5. The summed E-state index contributed by atoms with van der Waals surface area (Å²) in [5.41, 5.74) is 2.40. The normalized spacial score (nSPS) is 11.8. The van der Waals surface area contributed by atoms with Gasteiger partial charge in [0.05, 0.1) is 24.0 Å². The second kappa shape index (κ2) is 7.66. The van der Waals surface area contributed by atoms with Gasteiger partial charge in [-0.25, -0.2) is 4.98 Å². The second-order valence-corrected chi connectivity index (χ2v) is 6.34. The molecular formula is C20H16ClN3O4. The highest BCUT2D eigenvalue weighted by molar-refractivity contribution is 6.32. The minimum atomic E-state index is -0.321. The van der Waals surface area contributed by atoms with Crippen LogP contribution in [0.3, 0.4) is 0 Å². The number of nitrogens with one attached hydrogen (secondary N) is 2. The van der Waals surface area contributed by atoms with Crippen LogP contribution in [0.4, 0.5) is 17.1 Å². The number of nitrogens with zero attached hydrogens (tertiary/aromatic N) is 1. The number of ether oxygens (including phenoxy) is 3. The first-order valence-corrected chi connectivity index (χ1v) is 8.78. The molecule has 0 unspecified atom stereocenters. The van der Waals surface area contributed by atoms with E-state index in [1.165, 1.54) is 0 Å². The molecule has 0 aliphatic carbocycles. The molecule has 1 aliphatic heterocycles. The summed E-state index contributed by atoms with van der Waals surface area (Å²) in [4.78, 5) is 16.6. The summed E-state index contributed by atoms with van der Waals surface area (Å²) < 4.78 is 15.7. The first-order chi connectivity index (χ1) is 13.6. The third kappa shape index (κ3) is 3.79. The number of benzene rings is 2. The van der Waals surface area contributed by atoms with Gasteiger partial charge in [-0.1, -0.05) is 11.6 Å². The Labute approximate surface area is 166 Å². The van der Waals surface area contributed by atoms with Gasteiger partial charge in [-0.15, -0.1) is 0 Å². The van der Waals surface area contributed by atoms with Crippen LogP contribution < -0.4 is 24.8 Å². The third-order valence-corrected chi connectivity index (χ3v) is 4.36. The van der Waals surface area contributed by atoms with E-state index in [1.54, 1.807) is 55.8 Å². The van der Waals surface area contributed by atoms with Gasteiger partial charge in [0.2, 0.25) is 6.79 Å². The van der Waals surface area contributed by atoms with Crippen molar-refractivity contribution in [1.82, 2.24) is 4.98 Å². The molecule has 3 aromatic rings. The lowest BCUT2D eigenvalue weighted by Gasteiger charge is -2.10. The average molecular weight is 398 g/mol. The molecule has 0 fully saturated rings. The fourth-order valence-electron chi connectivity index (χ4n) is 2.68. The quantitative estimate of drug-likeness (QED) is 0.661. The molecular weight excluding hydrogens is 382 g/mol. The van der Waals surface area contributed by atoms with Crippen molar-refractivity contribution < 1.29 is 19.0 Å². The lowest BCUT2D eigenvalue weighted by atomic mass is 10.2. The average Bonchev–Trinajstić information content (AvgIpc) is 3.16. The number of rotatable bonds is 5. The number of aromatic nitrogens is 1. The van der Waals surface area contributed by atoms with E-state index in [0.717, 1.165) is 11.4 Å². The number of hydrogen-bond acceptors (Lipinski definition) is 6. The Kier molecular flexibility index (Phi) is 4.90. The Hall–Kier alpha value is -3.45. The first-order valence-electron chi connectivity index (χ1n) is 8.40. The number of methoxy groups -OCH3 is 1. The molecule has 0 atom stereocenters. The molecule has 1 aromatic heterocycles. The Bertz CT molecular complexity index is 1020. The fraction of sp³-hybridized carbons (Fsp3) is 0.100. The van der Waals surface area contributed by atoms with Gasteiger partial charge in [-0.05, 0) is 42.5 Å². The molecule has 4 rings (SSSR count). The summed E-state index contributed by atoms with van der Waals surface area (Å²) in [6.07, 6.45) is 1.58. The van der Waals surface area contributed by atoms with E-state index in [-0.39, 0.29) is 18.4 Å². The van der Waals surface area contributed by atoms with Crippen LogP contribution in [-0.4, -0.2) is 24.8 Å². The van der Waals surface area contributed by atoms with E-state index >= 15 is 0 Å². The van der Waals surface area contributed by atoms with Gasteiger partial charge in [0, 0.05) is 17.4 Å². The predicted octanol–water partition coefficient (Wildman–Crippen LogP) is 4.47. The Morgan fingerprint density at radius 1 is 1.04 bits per heavy atom. The number of hydrogen-bond donors (Lipinski definition) is 2. The Morgan fingerprint density at radius 3 is 2.57 bits per heavy atom. The van der Waals surface area contributed by atoms with Gasteiger partial charge in [0.1, 0.15) is 11.4 Å². The largest absolute Gasteiger partial charge is 0.495 e. The van der Waals surface area contributed by atoms with Crippen molar-refractivity contribution in [3.8, 4) is 17.2 Å². The van der Waals surface area contributed by atoms with Crippen LogP contribution in [0.5, 0.6) is 17.2 Å². The van der Waals surface area contributed by atoms with Crippen LogP contribution in [0, 0.1) is 0 Å². The van der Waals surface area contributed by atoms with Gasteiger partial charge in [0.25, 0.3) is 5.91 Å². The molecule has 0 saturated heterocycles. The first kappa shape index (κ1) is 17.9. The zero-order chi connectivity index (χ0) is 19.5. The topological polar surface area (TPSA) is 81.7 Å². The molecule has 8 heteroatoms. The lowest BCUT2D eigenvalue weighted by molar-refractivity contribution is 0.102. The van der Waals surface area contributed by atoms with Crippen LogP contribution in [0.15, 0.2) is 54.7 Å². The number of carbonyl (C=O) groups excluding carboxylic acids is 1. The summed E-state index contributed by atoms with van der Waals surface area (Å²) in [5, 5.41) is 6.46.